The number of aryl methyl sites for hydroxylation is 1. The standard InChI is InChI=1S/C16H19BrN2S/c1-3-8-18-10-13-4-6-15(9-12(13)2)20-16-7-5-14(17)11-19-16/h4-7,9,11,18H,3,8,10H2,1-2H3. The summed E-state index contributed by atoms with van der Waals surface area (Å²) in [4.78, 5) is 5.62. The Morgan fingerprint density at radius 2 is 2.10 bits per heavy atom. The van der Waals surface area contributed by atoms with Crippen LogP contribution in [0.1, 0.15) is 24.5 Å². The highest BCUT2D eigenvalue weighted by Gasteiger charge is 2.03. The summed E-state index contributed by atoms with van der Waals surface area (Å²) in [6.07, 6.45) is 3.00. The lowest BCUT2D eigenvalue weighted by Crippen LogP contribution is -2.14. The van der Waals surface area contributed by atoms with Crippen molar-refractivity contribution in [1.29, 1.82) is 0 Å². The largest absolute Gasteiger partial charge is 0.313 e. The van der Waals surface area contributed by atoms with Gasteiger partial charge in [-0.15, -0.1) is 0 Å². The molecule has 1 N–H and O–H groups in total. The third kappa shape index (κ3) is 4.62. The number of hydrogen-bond donors (Lipinski definition) is 1. The second-order valence-electron chi connectivity index (χ2n) is 4.68. The fourth-order valence-electron chi connectivity index (χ4n) is 1.87. The van der Waals surface area contributed by atoms with Gasteiger partial charge in [0.2, 0.25) is 0 Å². The van der Waals surface area contributed by atoms with Crippen LogP contribution in [-0.2, 0) is 6.54 Å². The molecule has 2 nitrogen and oxygen atoms in total. The normalized spacial score (nSPS) is 10.8. The summed E-state index contributed by atoms with van der Waals surface area (Å²) < 4.78 is 1.01. The first kappa shape index (κ1) is 15.5. The zero-order valence-corrected chi connectivity index (χ0v) is 14.2. The summed E-state index contributed by atoms with van der Waals surface area (Å²) in [6, 6.07) is 10.7. The predicted octanol–water partition coefficient (Wildman–Crippen LogP) is 4.80. The maximum Gasteiger partial charge on any atom is 0.101 e. The Bertz CT molecular complexity index is 555. The van der Waals surface area contributed by atoms with Gasteiger partial charge in [-0.1, -0.05) is 24.8 Å². The number of aromatic nitrogens is 1. The Labute approximate surface area is 133 Å². The molecule has 0 spiro atoms. The topological polar surface area (TPSA) is 24.9 Å². The van der Waals surface area contributed by atoms with E-state index in [1.165, 1.54) is 22.4 Å². The monoisotopic (exact) mass is 350 g/mol. The molecular weight excluding hydrogens is 332 g/mol. The van der Waals surface area contributed by atoms with E-state index < -0.39 is 0 Å². The van der Waals surface area contributed by atoms with Gasteiger partial charge >= 0.3 is 0 Å². The lowest BCUT2D eigenvalue weighted by Gasteiger charge is -2.09. The molecule has 0 fully saturated rings. The molecule has 2 aromatic rings. The van der Waals surface area contributed by atoms with Crippen molar-refractivity contribution in [1.82, 2.24) is 10.3 Å². The molecule has 0 radical (unpaired) electrons. The zero-order valence-electron chi connectivity index (χ0n) is 11.8. The number of rotatable bonds is 6. The van der Waals surface area contributed by atoms with Gasteiger partial charge in [-0.05, 0) is 71.2 Å². The van der Waals surface area contributed by atoms with Crippen LogP contribution in [0, 0.1) is 6.92 Å². The summed E-state index contributed by atoms with van der Waals surface area (Å²) in [5, 5.41) is 4.46. The van der Waals surface area contributed by atoms with Crippen LogP contribution in [0.3, 0.4) is 0 Å². The van der Waals surface area contributed by atoms with E-state index in [-0.39, 0.29) is 0 Å². The highest BCUT2D eigenvalue weighted by molar-refractivity contribution is 9.10. The van der Waals surface area contributed by atoms with Gasteiger partial charge in [0.05, 0.1) is 0 Å². The van der Waals surface area contributed by atoms with Crippen molar-refractivity contribution in [3.8, 4) is 0 Å². The fourth-order valence-corrected chi connectivity index (χ4v) is 2.96. The van der Waals surface area contributed by atoms with Crippen LogP contribution in [0.15, 0.2) is 50.9 Å². The van der Waals surface area contributed by atoms with Crippen molar-refractivity contribution < 1.29 is 0 Å². The Morgan fingerprint density at radius 1 is 1.25 bits per heavy atom. The van der Waals surface area contributed by atoms with Crippen molar-refractivity contribution in [3.05, 3.63) is 52.1 Å². The Balaban J connectivity index is 2.03. The van der Waals surface area contributed by atoms with Gasteiger partial charge < -0.3 is 5.32 Å². The van der Waals surface area contributed by atoms with E-state index >= 15 is 0 Å². The summed E-state index contributed by atoms with van der Waals surface area (Å²) in [6.45, 7) is 6.37. The summed E-state index contributed by atoms with van der Waals surface area (Å²) >= 11 is 5.10. The first-order valence-electron chi connectivity index (χ1n) is 6.78. The average molecular weight is 351 g/mol. The lowest BCUT2D eigenvalue weighted by atomic mass is 10.1. The van der Waals surface area contributed by atoms with E-state index in [9.17, 15) is 0 Å². The number of hydrogen-bond acceptors (Lipinski definition) is 3. The maximum atomic E-state index is 4.39. The van der Waals surface area contributed by atoms with Crippen LogP contribution >= 0.6 is 27.7 Å². The number of benzene rings is 1. The Morgan fingerprint density at radius 3 is 2.75 bits per heavy atom. The highest BCUT2D eigenvalue weighted by Crippen LogP contribution is 2.28. The molecule has 1 aromatic heterocycles. The van der Waals surface area contributed by atoms with Crippen molar-refractivity contribution in [2.75, 3.05) is 6.54 Å². The smallest absolute Gasteiger partial charge is 0.101 e. The minimum absolute atomic E-state index is 0.946. The van der Waals surface area contributed by atoms with E-state index in [2.05, 4.69) is 58.3 Å². The lowest BCUT2D eigenvalue weighted by molar-refractivity contribution is 0.673. The Hall–Kier alpha value is -0.840. The van der Waals surface area contributed by atoms with Gasteiger partial charge in [0.25, 0.3) is 0 Å². The third-order valence-corrected chi connectivity index (χ3v) is 4.39. The SMILES string of the molecule is CCCNCc1ccc(Sc2ccc(Br)cn2)cc1C. The van der Waals surface area contributed by atoms with Gasteiger partial charge in [-0.25, -0.2) is 4.98 Å². The van der Waals surface area contributed by atoms with Crippen LogP contribution in [0.25, 0.3) is 0 Å². The molecule has 0 amide bonds. The number of nitrogens with one attached hydrogen (secondary N) is 1. The molecule has 2 rings (SSSR count). The first-order valence-corrected chi connectivity index (χ1v) is 8.39. The van der Waals surface area contributed by atoms with E-state index in [0.717, 1.165) is 22.6 Å². The van der Waals surface area contributed by atoms with Crippen LogP contribution in [0.5, 0.6) is 0 Å². The highest BCUT2D eigenvalue weighted by atomic mass is 79.9. The molecule has 0 saturated carbocycles. The van der Waals surface area contributed by atoms with Crippen molar-refractivity contribution in [3.63, 3.8) is 0 Å². The number of nitrogens with zero attached hydrogens (tertiary/aromatic N) is 1. The minimum Gasteiger partial charge on any atom is -0.313 e. The van der Waals surface area contributed by atoms with Crippen molar-refractivity contribution in [2.24, 2.45) is 0 Å². The third-order valence-electron chi connectivity index (χ3n) is 2.98. The molecule has 0 atom stereocenters. The van der Waals surface area contributed by atoms with Gasteiger partial charge in [0.1, 0.15) is 5.03 Å². The number of pyridine rings is 1. The van der Waals surface area contributed by atoms with Gasteiger partial charge in [-0.3, -0.25) is 0 Å². The van der Waals surface area contributed by atoms with Crippen LogP contribution in [0.2, 0.25) is 0 Å². The van der Waals surface area contributed by atoms with E-state index in [0.29, 0.717) is 0 Å². The molecule has 20 heavy (non-hydrogen) atoms. The number of halogens is 1. The molecular formula is C16H19BrN2S. The summed E-state index contributed by atoms with van der Waals surface area (Å²) in [7, 11) is 0. The van der Waals surface area contributed by atoms with Gasteiger partial charge in [0, 0.05) is 22.1 Å². The van der Waals surface area contributed by atoms with E-state index in [4.69, 9.17) is 0 Å². The second-order valence-corrected chi connectivity index (χ2v) is 6.69. The van der Waals surface area contributed by atoms with E-state index in [1.54, 1.807) is 11.8 Å². The maximum absolute atomic E-state index is 4.39. The molecule has 1 aromatic carbocycles. The van der Waals surface area contributed by atoms with Gasteiger partial charge in [-0.2, -0.15) is 0 Å². The predicted molar refractivity (Wildman–Crippen MR) is 89.2 cm³/mol. The van der Waals surface area contributed by atoms with Gasteiger partial charge in [0.15, 0.2) is 0 Å². The van der Waals surface area contributed by atoms with Crippen LogP contribution in [0.4, 0.5) is 0 Å². The van der Waals surface area contributed by atoms with Crippen LogP contribution in [-0.4, -0.2) is 11.5 Å². The Kier molecular flexibility index (Phi) is 6.07. The molecule has 1 heterocycles. The van der Waals surface area contributed by atoms with Crippen molar-refractivity contribution in [2.45, 2.75) is 36.7 Å². The molecule has 4 heteroatoms. The first-order chi connectivity index (χ1) is 9.69. The summed E-state index contributed by atoms with van der Waals surface area (Å²) in [5.74, 6) is 0. The molecule has 0 saturated heterocycles. The summed E-state index contributed by atoms with van der Waals surface area (Å²) in [5.41, 5.74) is 2.70. The molecule has 0 aliphatic carbocycles. The fraction of sp³-hybridized carbons (Fsp3) is 0.312. The minimum atomic E-state index is 0.946. The quantitative estimate of drug-likeness (QED) is 0.757. The molecule has 0 bridgehead atoms. The molecule has 0 unspecified atom stereocenters. The molecule has 0 aliphatic rings. The van der Waals surface area contributed by atoms with E-state index in [1.807, 2.05) is 18.3 Å². The zero-order chi connectivity index (χ0) is 14.4. The van der Waals surface area contributed by atoms with Crippen LogP contribution < -0.4 is 5.32 Å². The molecule has 0 aliphatic heterocycles. The van der Waals surface area contributed by atoms with Crippen molar-refractivity contribution >= 4 is 27.7 Å². The second kappa shape index (κ2) is 7.81. The average Bonchev–Trinajstić information content (AvgIpc) is 2.44. The molecule has 106 valence electrons.